The molecule has 0 amide bonds. The van der Waals surface area contributed by atoms with Gasteiger partial charge in [-0.15, -0.1) is 0 Å². The van der Waals surface area contributed by atoms with Crippen LogP contribution < -0.4 is 5.73 Å². The second-order valence-electron chi connectivity index (χ2n) is 6.42. The minimum Gasteiger partial charge on any atom is -0.378 e. The first kappa shape index (κ1) is 12.4. The highest BCUT2D eigenvalue weighted by atomic mass is 16.5. The molecule has 0 aromatic carbocycles. The summed E-state index contributed by atoms with van der Waals surface area (Å²) in [6, 6.07) is 0. The summed E-state index contributed by atoms with van der Waals surface area (Å²) >= 11 is 0. The molecule has 2 atom stereocenters. The zero-order valence-corrected chi connectivity index (χ0v) is 10.9. The topological polar surface area (TPSA) is 35.2 Å². The molecule has 0 spiro atoms. The van der Waals surface area contributed by atoms with Crippen LogP contribution in [0.2, 0.25) is 0 Å². The Hall–Kier alpha value is -0.0800. The number of ether oxygens (including phenoxy) is 1. The number of hydrogen-bond acceptors (Lipinski definition) is 2. The highest BCUT2D eigenvalue weighted by molar-refractivity contribution is 5.00. The normalized spacial score (nSPS) is 38.8. The Balaban J connectivity index is 1.89. The van der Waals surface area contributed by atoms with Crippen molar-refractivity contribution in [1.82, 2.24) is 0 Å². The molecule has 2 fully saturated rings. The minimum atomic E-state index is 0.0528. The summed E-state index contributed by atoms with van der Waals surface area (Å²) in [6.45, 7) is 5.66. The molecule has 2 nitrogen and oxygen atoms in total. The Bertz CT molecular complexity index is 233. The molecular formula is C14H27NO. The van der Waals surface area contributed by atoms with Crippen LogP contribution in [0.15, 0.2) is 0 Å². The molecule has 2 rings (SSSR count). The van der Waals surface area contributed by atoms with Crippen molar-refractivity contribution in [1.29, 1.82) is 0 Å². The zero-order valence-electron chi connectivity index (χ0n) is 10.9. The van der Waals surface area contributed by atoms with E-state index in [0.29, 0.717) is 11.5 Å². The van der Waals surface area contributed by atoms with Crippen LogP contribution in [0.4, 0.5) is 0 Å². The molecule has 0 aromatic rings. The molecule has 2 N–H and O–H groups in total. The van der Waals surface area contributed by atoms with Gasteiger partial charge in [0.1, 0.15) is 0 Å². The van der Waals surface area contributed by atoms with Crippen LogP contribution in [0.3, 0.4) is 0 Å². The van der Waals surface area contributed by atoms with Gasteiger partial charge >= 0.3 is 0 Å². The lowest BCUT2D eigenvalue weighted by Crippen LogP contribution is -2.54. The highest BCUT2D eigenvalue weighted by Gasteiger charge is 2.43. The van der Waals surface area contributed by atoms with E-state index in [-0.39, 0.29) is 5.54 Å². The predicted molar refractivity (Wildman–Crippen MR) is 67.4 cm³/mol. The van der Waals surface area contributed by atoms with Gasteiger partial charge in [0.2, 0.25) is 0 Å². The number of rotatable bonds is 3. The Morgan fingerprint density at radius 1 is 1.19 bits per heavy atom. The summed E-state index contributed by atoms with van der Waals surface area (Å²) in [7, 11) is 0. The van der Waals surface area contributed by atoms with E-state index in [4.69, 9.17) is 10.5 Å². The molecule has 2 unspecified atom stereocenters. The van der Waals surface area contributed by atoms with Gasteiger partial charge < -0.3 is 10.5 Å². The zero-order chi connectivity index (χ0) is 11.6. The Labute approximate surface area is 99.9 Å². The maximum absolute atomic E-state index is 6.66. The summed E-state index contributed by atoms with van der Waals surface area (Å²) in [5.41, 5.74) is 7.02. The van der Waals surface area contributed by atoms with Gasteiger partial charge in [0, 0.05) is 12.1 Å². The fraction of sp³-hybridized carbons (Fsp3) is 1.00. The van der Waals surface area contributed by atoms with E-state index in [1.54, 1.807) is 0 Å². The molecular weight excluding hydrogens is 198 g/mol. The number of hydrogen-bond donors (Lipinski definition) is 1. The maximum Gasteiger partial charge on any atom is 0.0576 e. The van der Waals surface area contributed by atoms with Crippen molar-refractivity contribution in [2.24, 2.45) is 11.1 Å². The molecule has 1 saturated carbocycles. The molecule has 94 valence electrons. The third-order valence-electron chi connectivity index (χ3n) is 4.96. The molecule has 1 saturated heterocycles. The van der Waals surface area contributed by atoms with E-state index in [9.17, 15) is 0 Å². The first-order valence-electron chi connectivity index (χ1n) is 6.94. The van der Waals surface area contributed by atoms with Gasteiger partial charge in [-0.05, 0) is 43.9 Å². The van der Waals surface area contributed by atoms with Gasteiger partial charge in [0.25, 0.3) is 0 Å². The van der Waals surface area contributed by atoms with Crippen molar-refractivity contribution in [3.63, 3.8) is 0 Å². The SMILES string of the molecule is CC1(C)CCCCC1(N)CCC1CCCO1. The van der Waals surface area contributed by atoms with Gasteiger partial charge in [-0.1, -0.05) is 26.7 Å². The first-order valence-corrected chi connectivity index (χ1v) is 6.94. The van der Waals surface area contributed by atoms with Gasteiger partial charge in [-0.3, -0.25) is 0 Å². The largest absolute Gasteiger partial charge is 0.378 e. The van der Waals surface area contributed by atoms with Crippen molar-refractivity contribution in [2.45, 2.75) is 76.9 Å². The van der Waals surface area contributed by atoms with Crippen LogP contribution in [0.25, 0.3) is 0 Å². The fourth-order valence-corrected chi connectivity index (χ4v) is 3.35. The molecule has 1 heterocycles. The lowest BCUT2D eigenvalue weighted by atomic mass is 9.62. The highest BCUT2D eigenvalue weighted by Crippen LogP contribution is 2.45. The van der Waals surface area contributed by atoms with E-state index in [2.05, 4.69) is 13.8 Å². The third kappa shape index (κ3) is 2.43. The van der Waals surface area contributed by atoms with Crippen molar-refractivity contribution in [2.75, 3.05) is 6.61 Å². The standard InChI is InChI=1S/C14H27NO/c1-13(2)8-3-4-9-14(13,15)10-7-12-6-5-11-16-12/h12H,3-11,15H2,1-2H3. The molecule has 2 heteroatoms. The molecule has 1 aliphatic carbocycles. The van der Waals surface area contributed by atoms with Gasteiger partial charge in [0.15, 0.2) is 0 Å². The quantitative estimate of drug-likeness (QED) is 0.800. The molecule has 1 aliphatic heterocycles. The summed E-state index contributed by atoms with van der Waals surface area (Å²) < 4.78 is 5.70. The van der Waals surface area contributed by atoms with Crippen molar-refractivity contribution in [3.8, 4) is 0 Å². The molecule has 0 aromatic heterocycles. The van der Waals surface area contributed by atoms with Crippen LogP contribution in [-0.4, -0.2) is 18.2 Å². The van der Waals surface area contributed by atoms with Crippen LogP contribution in [0, 0.1) is 5.41 Å². The second kappa shape index (κ2) is 4.66. The molecule has 2 aliphatic rings. The van der Waals surface area contributed by atoms with Crippen LogP contribution >= 0.6 is 0 Å². The van der Waals surface area contributed by atoms with E-state index < -0.39 is 0 Å². The molecule has 0 bridgehead atoms. The van der Waals surface area contributed by atoms with E-state index in [0.717, 1.165) is 13.0 Å². The van der Waals surface area contributed by atoms with Crippen LogP contribution in [0.5, 0.6) is 0 Å². The first-order chi connectivity index (χ1) is 7.54. The lowest BCUT2D eigenvalue weighted by molar-refractivity contribution is 0.0550. The van der Waals surface area contributed by atoms with Gasteiger partial charge in [-0.25, -0.2) is 0 Å². The van der Waals surface area contributed by atoms with E-state index in [1.165, 1.54) is 44.9 Å². The molecule has 0 radical (unpaired) electrons. The summed E-state index contributed by atoms with van der Waals surface area (Å²) in [4.78, 5) is 0. The van der Waals surface area contributed by atoms with Gasteiger partial charge in [-0.2, -0.15) is 0 Å². The lowest BCUT2D eigenvalue weighted by Gasteiger charge is -2.48. The average Bonchev–Trinajstić information content (AvgIpc) is 2.73. The summed E-state index contributed by atoms with van der Waals surface area (Å²) in [5.74, 6) is 0. The van der Waals surface area contributed by atoms with E-state index in [1.807, 2.05) is 0 Å². The second-order valence-corrected chi connectivity index (χ2v) is 6.42. The monoisotopic (exact) mass is 225 g/mol. The van der Waals surface area contributed by atoms with Crippen molar-refractivity contribution < 1.29 is 4.74 Å². The predicted octanol–water partition coefficient (Wildman–Crippen LogP) is 3.24. The smallest absolute Gasteiger partial charge is 0.0576 e. The fourth-order valence-electron chi connectivity index (χ4n) is 3.35. The maximum atomic E-state index is 6.66. The van der Waals surface area contributed by atoms with Gasteiger partial charge in [0.05, 0.1) is 6.10 Å². The summed E-state index contributed by atoms with van der Waals surface area (Å²) in [6.07, 6.45) is 10.4. The third-order valence-corrected chi connectivity index (χ3v) is 4.96. The Morgan fingerprint density at radius 3 is 2.56 bits per heavy atom. The van der Waals surface area contributed by atoms with Crippen molar-refractivity contribution in [3.05, 3.63) is 0 Å². The van der Waals surface area contributed by atoms with E-state index >= 15 is 0 Å². The Morgan fingerprint density at radius 2 is 1.94 bits per heavy atom. The molecule has 16 heavy (non-hydrogen) atoms. The number of nitrogens with two attached hydrogens (primary N) is 1. The van der Waals surface area contributed by atoms with Crippen LogP contribution in [0.1, 0.15) is 65.2 Å². The minimum absolute atomic E-state index is 0.0528. The average molecular weight is 225 g/mol. The Kier molecular flexibility index (Phi) is 3.60. The van der Waals surface area contributed by atoms with Crippen LogP contribution in [-0.2, 0) is 4.74 Å². The summed E-state index contributed by atoms with van der Waals surface area (Å²) in [5, 5.41) is 0. The van der Waals surface area contributed by atoms with Crippen molar-refractivity contribution >= 4 is 0 Å².